The first-order valence-electron chi connectivity index (χ1n) is 8.14. The molecule has 4 heteroatoms. The average Bonchev–Trinajstić information content (AvgIpc) is 3.05. The van der Waals surface area contributed by atoms with Crippen molar-refractivity contribution >= 4 is 5.82 Å². The Morgan fingerprint density at radius 3 is 2.71 bits per heavy atom. The van der Waals surface area contributed by atoms with E-state index in [2.05, 4.69) is 11.0 Å². The van der Waals surface area contributed by atoms with Crippen LogP contribution in [-0.4, -0.2) is 29.3 Å². The highest BCUT2D eigenvalue weighted by Gasteiger charge is 2.26. The number of aliphatic hydroxyl groups is 1. The fourth-order valence-electron chi connectivity index (χ4n) is 3.71. The lowest BCUT2D eigenvalue weighted by atomic mass is 9.94. The van der Waals surface area contributed by atoms with Crippen molar-refractivity contribution < 1.29 is 5.11 Å². The van der Waals surface area contributed by atoms with Crippen LogP contribution >= 0.6 is 0 Å². The maximum absolute atomic E-state index is 9.50. The lowest BCUT2D eigenvalue weighted by Crippen LogP contribution is -2.37. The molecule has 2 aliphatic rings. The number of pyridine rings is 1. The molecule has 0 aliphatic heterocycles. The third-order valence-electron chi connectivity index (χ3n) is 4.78. The van der Waals surface area contributed by atoms with Gasteiger partial charge in [0.15, 0.2) is 0 Å². The Balaban J connectivity index is 1.99. The molecule has 1 aromatic rings. The topological polar surface area (TPSA) is 60.2 Å². The first-order valence-corrected chi connectivity index (χ1v) is 8.14. The van der Waals surface area contributed by atoms with E-state index in [1.54, 1.807) is 0 Å². The summed E-state index contributed by atoms with van der Waals surface area (Å²) in [6.45, 7) is 0.686. The maximum Gasteiger partial charge on any atom is 0.147 e. The predicted octanol–water partition coefficient (Wildman–Crippen LogP) is 2.57. The van der Waals surface area contributed by atoms with Gasteiger partial charge >= 0.3 is 0 Å². The largest absolute Gasteiger partial charge is 0.395 e. The standard InChI is InChI=1S/C17H23N3O/c18-12-14-11-13-5-1-4-8-16(13)19-17(14)20(9-10-21)15-6-2-3-7-15/h11,15,21H,1-10H2. The molecule has 112 valence electrons. The van der Waals surface area contributed by atoms with Crippen LogP contribution in [0, 0.1) is 11.3 Å². The molecule has 1 saturated carbocycles. The minimum Gasteiger partial charge on any atom is -0.395 e. The van der Waals surface area contributed by atoms with Gasteiger partial charge in [-0.2, -0.15) is 5.26 Å². The van der Waals surface area contributed by atoms with Gasteiger partial charge in [0.2, 0.25) is 0 Å². The normalized spacial score (nSPS) is 18.3. The van der Waals surface area contributed by atoms with Crippen LogP contribution in [0.5, 0.6) is 0 Å². The van der Waals surface area contributed by atoms with E-state index in [1.165, 1.54) is 31.2 Å². The van der Waals surface area contributed by atoms with Crippen molar-refractivity contribution in [3.05, 3.63) is 22.9 Å². The monoisotopic (exact) mass is 285 g/mol. The summed E-state index contributed by atoms with van der Waals surface area (Å²) in [4.78, 5) is 7.02. The highest BCUT2D eigenvalue weighted by atomic mass is 16.3. The second-order valence-electron chi connectivity index (χ2n) is 6.14. The van der Waals surface area contributed by atoms with Gasteiger partial charge in [-0.05, 0) is 50.2 Å². The minimum atomic E-state index is 0.111. The van der Waals surface area contributed by atoms with Crippen LogP contribution < -0.4 is 4.90 Å². The van der Waals surface area contributed by atoms with Crippen molar-refractivity contribution in [2.75, 3.05) is 18.1 Å². The zero-order chi connectivity index (χ0) is 14.7. The summed E-state index contributed by atoms with van der Waals surface area (Å²) in [5.74, 6) is 0.805. The Morgan fingerprint density at radius 2 is 2.00 bits per heavy atom. The second kappa shape index (κ2) is 6.44. The van der Waals surface area contributed by atoms with Gasteiger partial charge in [-0.25, -0.2) is 4.98 Å². The molecular weight excluding hydrogens is 262 g/mol. The lowest BCUT2D eigenvalue weighted by Gasteiger charge is -2.31. The highest BCUT2D eigenvalue weighted by molar-refractivity contribution is 5.57. The van der Waals surface area contributed by atoms with Crippen molar-refractivity contribution in [3.8, 4) is 6.07 Å². The quantitative estimate of drug-likeness (QED) is 0.923. The van der Waals surface area contributed by atoms with E-state index in [1.807, 2.05) is 6.07 Å². The average molecular weight is 285 g/mol. The van der Waals surface area contributed by atoms with Crippen LogP contribution in [0.1, 0.15) is 55.3 Å². The molecule has 0 spiro atoms. The zero-order valence-electron chi connectivity index (χ0n) is 12.5. The van der Waals surface area contributed by atoms with Crippen LogP contribution in [-0.2, 0) is 12.8 Å². The van der Waals surface area contributed by atoms with Gasteiger partial charge in [0.1, 0.15) is 11.9 Å². The summed E-state index contributed by atoms with van der Waals surface area (Å²) in [6, 6.07) is 4.79. The maximum atomic E-state index is 9.50. The van der Waals surface area contributed by atoms with E-state index in [0.29, 0.717) is 18.2 Å². The van der Waals surface area contributed by atoms with Crippen molar-refractivity contribution in [1.29, 1.82) is 5.26 Å². The number of nitrogens with zero attached hydrogens (tertiary/aromatic N) is 3. The van der Waals surface area contributed by atoms with E-state index in [0.717, 1.165) is 37.2 Å². The molecule has 0 unspecified atom stereocenters. The van der Waals surface area contributed by atoms with E-state index in [4.69, 9.17) is 4.98 Å². The van der Waals surface area contributed by atoms with Crippen LogP contribution in [0.15, 0.2) is 6.07 Å². The first kappa shape index (κ1) is 14.3. The fraction of sp³-hybridized carbons (Fsp3) is 0.647. The summed E-state index contributed by atoms with van der Waals surface area (Å²) in [5, 5.41) is 18.9. The molecular formula is C17H23N3O. The molecule has 2 aliphatic carbocycles. The van der Waals surface area contributed by atoms with Crippen LogP contribution in [0.4, 0.5) is 5.82 Å². The van der Waals surface area contributed by atoms with Gasteiger partial charge in [-0.3, -0.25) is 0 Å². The lowest BCUT2D eigenvalue weighted by molar-refractivity contribution is 0.296. The summed E-state index contributed by atoms with van der Waals surface area (Å²) in [6.07, 6.45) is 9.20. The third kappa shape index (κ3) is 2.89. The number of aryl methyl sites for hydroxylation is 2. The number of hydrogen-bond donors (Lipinski definition) is 1. The first-order chi connectivity index (χ1) is 10.3. The van der Waals surface area contributed by atoms with Crippen LogP contribution in [0.2, 0.25) is 0 Å². The summed E-state index contributed by atoms with van der Waals surface area (Å²) < 4.78 is 0. The van der Waals surface area contributed by atoms with Crippen LogP contribution in [0.3, 0.4) is 0 Å². The molecule has 0 atom stereocenters. The molecule has 1 fully saturated rings. The van der Waals surface area contributed by atoms with E-state index >= 15 is 0 Å². The molecule has 21 heavy (non-hydrogen) atoms. The van der Waals surface area contributed by atoms with Crippen molar-refractivity contribution in [1.82, 2.24) is 4.98 Å². The molecule has 0 bridgehead atoms. The zero-order valence-corrected chi connectivity index (χ0v) is 12.5. The smallest absolute Gasteiger partial charge is 0.147 e. The van der Waals surface area contributed by atoms with Crippen molar-refractivity contribution in [2.24, 2.45) is 0 Å². The number of hydrogen-bond acceptors (Lipinski definition) is 4. The van der Waals surface area contributed by atoms with Gasteiger partial charge in [-0.1, -0.05) is 12.8 Å². The van der Waals surface area contributed by atoms with Crippen molar-refractivity contribution in [3.63, 3.8) is 0 Å². The molecule has 1 heterocycles. The molecule has 1 N–H and O–H groups in total. The van der Waals surface area contributed by atoms with E-state index in [9.17, 15) is 10.4 Å². The molecule has 1 aromatic heterocycles. The number of aromatic nitrogens is 1. The van der Waals surface area contributed by atoms with E-state index in [-0.39, 0.29) is 6.61 Å². The third-order valence-corrected chi connectivity index (χ3v) is 4.78. The molecule has 0 radical (unpaired) electrons. The number of fused-ring (bicyclic) bond motifs is 1. The number of rotatable bonds is 4. The summed E-state index contributed by atoms with van der Waals surface area (Å²) in [7, 11) is 0. The predicted molar refractivity (Wildman–Crippen MR) is 82.3 cm³/mol. The SMILES string of the molecule is N#Cc1cc2c(nc1N(CCO)C1CCCC1)CCCC2. The number of aliphatic hydroxyl groups excluding tert-OH is 1. The Bertz CT molecular complexity index is 544. The number of anilines is 1. The second-order valence-corrected chi connectivity index (χ2v) is 6.14. The minimum absolute atomic E-state index is 0.111. The van der Waals surface area contributed by atoms with Gasteiger partial charge in [0.25, 0.3) is 0 Å². The highest BCUT2D eigenvalue weighted by Crippen LogP contribution is 2.31. The van der Waals surface area contributed by atoms with Gasteiger partial charge < -0.3 is 10.0 Å². The van der Waals surface area contributed by atoms with Gasteiger partial charge in [-0.15, -0.1) is 0 Å². The van der Waals surface area contributed by atoms with Crippen LogP contribution in [0.25, 0.3) is 0 Å². The van der Waals surface area contributed by atoms with Gasteiger partial charge in [0, 0.05) is 18.3 Å². The Morgan fingerprint density at radius 1 is 1.24 bits per heavy atom. The molecule has 3 rings (SSSR count). The summed E-state index contributed by atoms with van der Waals surface area (Å²) >= 11 is 0. The molecule has 0 amide bonds. The molecule has 0 aromatic carbocycles. The summed E-state index contributed by atoms with van der Waals surface area (Å²) in [5.41, 5.74) is 3.09. The molecule has 0 saturated heterocycles. The Labute approximate surface area is 126 Å². The fourth-order valence-corrected chi connectivity index (χ4v) is 3.71. The van der Waals surface area contributed by atoms with Gasteiger partial charge in [0.05, 0.1) is 12.2 Å². The number of nitriles is 1. The Hall–Kier alpha value is -1.60. The van der Waals surface area contributed by atoms with E-state index < -0.39 is 0 Å². The van der Waals surface area contributed by atoms with Crippen molar-refractivity contribution in [2.45, 2.75) is 57.4 Å². The molecule has 4 nitrogen and oxygen atoms in total. The Kier molecular flexibility index (Phi) is 4.40.